The van der Waals surface area contributed by atoms with Crippen LogP contribution in [0.25, 0.3) is 0 Å². The summed E-state index contributed by atoms with van der Waals surface area (Å²) in [6, 6.07) is 1.28. The molecule has 2 rings (SSSR count). The van der Waals surface area contributed by atoms with E-state index in [2.05, 4.69) is 26.1 Å². The van der Waals surface area contributed by atoms with E-state index in [0.717, 1.165) is 18.8 Å². The molecule has 2 unspecified atom stereocenters. The zero-order valence-electron chi connectivity index (χ0n) is 10.3. The van der Waals surface area contributed by atoms with Gasteiger partial charge in [0.25, 0.3) is 0 Å². The van der Waals surface area contributed by atoms with Crippen molar-refractivity contribution >= 4 is 0 Å². The minimum Gasteiger partial charge on any atom is -0.393 e. The fourth-order valence-corrected chi connectivity index (χ4v) is 3.22. The first-order chi connectivity index (χ1) is 6.96. The van der Waals surface area contributed by atoms with Crippen molar-refractivity contribution in [3.63, 3.8) is 0 Å². The lowest BCUT2D eigenvalue weighted by Crippen LogP contribution is -2.52. The molecule has 88 valence electrons. The van der Waals surface area contributed by atoms with Crippen LogP contribution in [0.5, 0.6) is 0 Å². The van der Waals surface area contributed by atoms with E-state index < -0.39 is 0 Å². The highest BCUT2D eigenvalue weighted by Crippen LogP contribution is 2.39. The van der Waals surface area contributed by atoms with E-state index in [-0.39, 0.29) is 6.10 Å². The Morgan fingerprint density at radius 1 is 1.27 bits per heavy atom. The molecule has 2 heteroatoms. The van der Waals surface area contributed by atoms with Gasteiger partial charge in [-0.25, -0.2) is 0 Å². The summed E-state index contributed by atoms with van der Waals surface area (Å²) in [4.78, 5) is 0. The van der Waals surface area contributed by atoms with Crippen LogP contribution in [-0.2, 0) is 0 Å². The van der Waals surface area contributed by atoms with Gasteiger partial charge in [0.15, 0.2) is 0 Å². The van der Waals surface area contributed by atoms with Gasteiger partial charge in [0.2, 0.25) is 0 Å². The van der Waals surface area contributed by atoms with E-state index in [9.17, 15) is 5.11 Å². The third-order valence-corrected chi connectivity index (χ3v) is 4.26. The minimum absolute atomic E-state index is 0.0298. The van der Waals surface area contributed by atoms with Crippen molar-refractivity contribution in [2.24, 2.45) is 11.3 Å². The Bertz CT molecular complexity index is 221. The van der Waals surface area contributed by atoms with Gasteiger partial charge < -0.3 is 10.4 Å². The molecule has 0 bridgehead atoms. The number of nitrogens with one attached hydrogen (secondary N) is 1. The van der Waals surface area contributed by atoms with Crippen molar-refractivity contribution in [2.45, 2.75) is 71.1 Å². The first-order valence-corrected chi connectivity index (χ1v) is 6.40. The molecule has 2 atom stereocenters. The number of aliphatic hydroxyl groups excluding tert-OH is 1. The summed E-state index contributed by atoms with van der Waals surface area (Å²) in [5.41, 5.74) is 0.538. The molecule has 0 aromatic carbocycles. The molecule has 2 N–H and O–H groups in total. The third-order valence-electron chi connectivity index (χ3n) is 4.26. The number of rotatable bonds is 2. The Balaban J connectivity index is 1.79. The number of aliphatic hydroxyl groups is 1. The Morgan fingerprint density at radius 3 is 2.47 bits per heavy atom. The third kappa shape index (κ3) is 2.73. The Morgan fingerprint density at radius 2 is 1.93 bits per heavy atom. The molecule has 0 spiro atoms. The van der Waals surface area contributed by atoms with Crippen molar-refractivity contribution in [1.29, 1.82) is 0 Å². The van der Waals surface area contributed by atoms with E-state index in [4.69, 9.17) is 0 Å². The lowest BCUT2D eigenvalue weighted by Gasteiger charge is -2.43. The molecule has 15 heavy (non-hydrogen) atoms. The number of hydrogen-bond acceptors (Lipinski definition) is 2. The van der Waals surface area contributed by atoms with Crippen LogP contribution in [0.1, 0.15) is 52.9 Å². The molecule has 0 aromatic heterocycles. The van der Waals surface area contributed by atoms with Crippen molar-refractivity contribution in [2.75, 3.05) is 0 Å². The largest absolute Gasteiger partial charge is 0.393 e. The van der Waals surface area contributed by atoms with Gasteiger partial charge >= 0.3 is 0 Å². The van der Waals surface area contributed by atoms with Crippen LogP contribution >= 0.6 is 0 Å². The molecule has 2 nitrogen and oxygen atoms in total. The van der Waals surface area contributed by atoms with Gasteiger partial charge in [0, 0.05) is 12.1 Å². The van der Waals surface area contributed by atoms with Gasteiger partial charge in [0.1, 0.15) is 0 Å². The molecule has 2 aliphatic carbocycles. The van der Waals surface area contributed by atoms with Crippen LogP contribution < -0.4 is 5.32 Å². The second-order valence-electron chi connectivity index (χ2n) is 6.48. The normalized spacial score (nSPS) is 44.8. The summed E-state index contributed by atoms with van der Waals surface area (Å²) >= 11 is 0. The molecule has 0 radical (unpaired) electrons. The van der Waals surface area contributed by atoms with Crippen molar-refractivity contribution < 1.29 is 5.11 Å². The van der Waals surface area contributed by atoms with Gasteiger partial charge in [-0.1, -0.05) is 20.8 Å². The molecule has 0 aromatic rings. The predicted molar refractivity (Wildman–Crippen MR) is 62.7 cm³/mol. The molecule has 0 aliphatic heterocycles. The quantitative estimate of drug-likeness (QED) is 0.734. The van der Waals surface area contributed by atoms with Crippen molar-refractivity contribution in [3.8, 4) is 0 Å². The summed E-state index contributed by atoms with van der Waals surface area (Å²) in [5.74, 6) is 0.784. The Hall–Kier alpha value is -0.0800. The summed E-state index contributed by atoms with van der Waals surface area (Å²) in [6.07, 6.45) is 5.88. The zero-order valence-corrected chi connectivity index (χ0v) is 10.3. The second kappa shape index (κ2) is 4.06. The van der Waals surface area contributed by atoms with Gasteiger partial charge in [-0.15, -0.1) is 0 Å². The van der Waals surface area contributed by atoms with Gasteiger partial charge in [-0.05, 0) is 43.4 Å². The van der Waals surface area contributed by atoms with Crippen LogP contribution in [0.2, 0.25) is 0 Å². The van der Waals surface area contributed by atoms with Crippen LogP contribution in [0.3, 0.4) is 0 Å². The molecule has 0 saturated heterocycles. The second-order valence-corrected chi connectivity index (χ2v) is 6.48. The van der Waals surface area contributed by atoms with E-state index in [0.29, 0.717) is 17.5 Å². The molecule has 2 aliphatic rings. The fraction of sp³-hybridized carbons (Fsp3) is 1.00. The monoisotopic (exact) mass is 211 g/mol. The smallest absolute Gasteiger partial charge is 0.0570 e. The standard InChI is InChI=1S/C13H25NO/c1-9-8-13(2,3)5-4-12(9)14-10-6-11(15)7-10/h9-12,14-15H,4-8H2,1-3H3. The molecule has 0 amide bonds. The first-order valence-electron chi connectivity index (χ1n) is 6.40. The van der Waals surface area contributed by atoms with Gasteiger partial charge in [-0.2, -0.15) is 0 Å². The Labute approximate surface area is 93.5 Å². The summed E-state index contributed by atoms with van der Waals surface area (Å²) in [6.45, 7) is 7.13. The highest BCUT2D eigenvalue weighted by atomic mass is 16.3. The maximum Gasteiger partial charge on any atom is 0.0570 e. The minimum atomic E-state index is -0.0298. The summed E-state index contributed by atoms with van der Waals surface area (Å²) in [5, 5.41) is 13.0. The fourth-order valence-electron chi connectivity index (χ4n) is 3.22. The summed E-state index contributed by atoms with van der Waals surface area (Å²) < 4.78 is 0. The van der Waals surface area contributed by atoms with Crippen LogP contribution in [0, 0.1) is 11.3 Å². The molecular weight excluding hydrogens is 186 g/mol. The van der Waals surface area contributed by atoms with Gasteiger partial charge in [-0.3, -0.25) is 0 Å². The highest BCUT2D eigenvalue weighted by Gasteiger charge is 2.35. The topological polar surface area (TPSA) is 32.3 Å². The molecular formula is C13H25NO. The average molecular weight is 211 g/mol. The molecule has 0 heterocycles. The maximum absolute atomic E-state index is 9.26. The van der Waals surface area contributed by atoms with E-state index in [1.807, 2.05) is 0 Å². The lowest BCUT2D eigenvalue weighted by atomic mass is 9.70. The Kier molecular flexibility index (Phi) is 3.09. The maximum atomic E-state index is 9.26. The first kappa shape index (κ1) is 11.4. The van der Waals surface area contributed by atoms with Gasteiger partial charge in [0.05, 0.1) is 6.10 Å². The number of hydrogen-bond donors (Lipinski definition) is 2. The molecule has 2 fully saturated rings. The predicted octanol–water partition coefficient (Wildman–Crippen LogP) is 2.31. The van der Waals surface area contributed by atoms with E-state index >= 15 is 0 Å². The van der Waals surface area contributed by atoms with E-state index in [1.54, 1.807) is 0 Å². The van der Waals surface area contributed by atoms with Crippen molar-refractivity contribution in [3.05, 3.63) is 0 Å². The highest BCUT2D eigenvalue weighted by molar-refractivity contribution is 4.92. The molecule has 2 saturated carbocycles. The zero-order chi connectivity index (χ0) is 11.1. The SMILES string of the molecule is CC1CC(C)(C)CCC1NC1CC(O)C1. The van der Waals surface area contributed by atoms with Crippen LogP contribution in [-0.4, -0.2) is 23.3 Å². The van der Waals surface area contributed by atoms with Crippen LogP contribution in [0.4, 0.5) is 0 Å². The van der Waals surface area contributed by atoms with E-state index in [1.165, 1.54) is 19.3 Å². The lowest BCUT2D eigenvalue weighted by molar-refractivity contribution is 0.0437. The summed E-state index contributed by atoms with van der Waals surface area (Å²) in [7, 11) is 0. The average Bonchev–Trinajstić information content (AvgIpc) is 2.05. The van der Waals surface area contributed by atoms with Crippen LogP contribution in [0.15, 0.2) is 0 Å². The van der Waals surface area contributed by atoms with Crippen molar-refractivity contribution in [1.82, 2.24) is 5.32 Å².